The molecule has 1 saturated heterocycles. The molecule has 4 heteroatoms. The SMILES string of the molecule is Cc1ccc(-c2nc3c(C)cccn3c2CC(=O)N2C(C)CCCC2C)cc1C. The lowest BCUT2D eigenvalue weighted by atomic mass is 9.96. The van der Waals surface area contributed by atoms with Gasteiger partial charge in [-0.2, -0.15) is 0 Å². The highest BCUT2D eigenvalue weighted by Gasteiger charge is 2.30. The van der Waals surface area contributed by atoms with E-state index in [0.717, 1.165) is 41.0 Å². The smallest absolute Gasteiger partial charge is 0.229 e. The Kier molecular flexibility index (Phi) is 5.20. The van der Waals surface area contributed by atoms with Crippen LogP contribution in [0.3, 0.4) is 0 Å². The zero-order valence-electron chi connectivity index (χ0n) is 18.2. The van der Waals surface area contributed by atoms with Crippen molar-refractivity contribution in [3.8, 4) is 11.3 Å². The zero-order valence-corrected chi connectivity index (χ0v) is 18.2. The van der Waals surface area contributed by atoms with E-state index < -0.39 is 0 Å². The van der Waals surface area contributed by atoms with Crippen molar-refractivity contribution in [2.24, 2.45) is 0 Å². The molecule has 0 bridgehead atoms. The number of carbonyl (C=O) groups excluding carboxylic acids is 1. The molecule has 0 aliphatic carbocycles. The van der Waals surface area contributed by atoms with Crippen LogP contribution < -0.4 is 0 Å². The van der Waals surface area contributed by atoms with Gasteiger partial charge in [0.05, 0.1) is 17.8 Å². The molecule has 0 radical (unpaired) electrons. The lowest BCUT2D eigenvalue weighted by Crippen LogP contribution is -2.48. The van der Waals surface area contributed by atoms with Gasteiger partial charge in [0, 0.05) is 23.8 Å². The van der Waals surface area contributed by atoms with Gasteiger partial charge in [0.15, 0.2) is 0 Å². The fourth-order valence-electron chi connectivity index (χ4n) is 4.69. The van der Waals surface area contributed by atoms with E-state index in [-0.39, 0.29) is 5.91 Å². The highest BCUT2D eigenvalue weighted by molar-refractivity contribution is 5.82. The summed E-state index contributed by atoms with van der Waals surface area (Å²) in [5.74, 6) is 0.207. The third kappa shape index (κ3) is 3.57. The lowest BCUT2D eigenvalue weighted by molar-refractivity contribution is -0.136. The largest absolute Gasteiger partial charge is 0.337 e. The van der Waals surface area contributed by atoms with E-state index in [1.165, 1.54) is 17.5 Å². The van der Waals surface area contributed by atoms with Gasteiger partial charge >= 0.3 is 0 Å². The van der Waals surface area contributed by atoms with Crippen LogP contribution in [0.25, 0.3) is 16.9 Å². The Balaban J connectivity index is 1.81. The Hall–Kier alpha value is -2.62. The van der Waals surface area contributed by atoms with Gasteiger partial charge in [-0.25, -0.2) is 4.98 Å². The minimum absolute atomic E-state index is 0.207. The van der Waals surface area contributed by atoms with Gasteiger partial charge in [-0.15, -0.1) is 0 Å². The number of rotatable bonds is 3. The molecule has 3 aromatic rings. The summed E-state index contributed by atoms with van der Waals surface area (Å²) in [4.78, 5) is 20.5. The molecular weight excluding hydrogens is 358 g/mol. The molecule has 2 unspecified atom stereocenters. The van der Waals surface area contributed by atoms with Crippen LogP contribution in [0, 0.1) is 20.8 Å². The first kappa shape index (κ1) is 19.7. The molecule has 4 nitrogen and oxygen atoms in total. The summed E-state index contributed by atoms with van der Waals surface area (Å²) in [5, 5.41) is 0. The molecule has 2 aromatic heterocycles. The maximum Gasteiger partial charge on any atom is 0.229 e. The van der Waals surface area contributed by atoms with Crippen LogP contribution in [0.2, 0.25) is 0 Å². The first-order valence-corrected chi connectivity index (χ1v) is 10.7. The fraction of sp³-hybridized carbons (Fsp3) is 0.440. The van der Waals surface area contributed by atoms with E-state index in [1.807, 2.05) is 12.3 Å². The van der Waals surface area contributed by atoms with E-state index in [1.54, 1.807) is 0 Å². The molecule has 0 spiro atoms. The molecular formula is C25H31N3O. The molecule has 3 heterocycles. The quantitative estimate of drug-likeness (QED) is 0.613. The minimum Gasteiger partial charge on any atom is -0.337 e. The molecule has 2 atom stereocenters. The second-order valence-electron chi connectivity index (χ2n) is 8.70. The van der Waals surface area contributed by atoms with E-state index in [4.69, 9.17) is 4.98 Å². The number of carbonyl (C=O) groups is 1. The third-order valence-corrected chi connectivity index (χ3v) is 6.52. The first-order chi connectivity index (χ1) is 13.9. The van der Waals surface area contributed by atoms with Gasteiger partial charge in [0.1, 0.15) is 5.65 Å². The summed E-state index contributed by atoms with van der Waals surface area (Å²) in [6.45, 7) is 10.7. The van der Waals surface area contributed by atoms with Gasteiger partial charge in [0.2, 0.25) is 5.91 Å². The third-order valence-electron chi connectivity index (χ3n) is 6.52. The monoisotopic (exact) mass is 389 g/mol. The predicted octanol–water partition coefficient (Wildman–Crippen LogP) is 5.26. The average Bonchev–Trinajstić information content (AvgIpc) is 3.04. The zero-order chi connectivity index (χ0) is 20.7. The summed E-state index contributed by atoms with van der Waals surface area (Å²) >= 11 is 0. The normalized spacial score (nSPS) is 19.7. The van der Waals surface area contributed by atoms with Crippen molar-refractivity contribution < 1.29 is 4.79 Å². The number of hydrogen-bond acceptors (Lipinski definition) is 2. The Bertz CT molecular complexity index is 1060. The van der Waals surface area contributed by atoms with Crippen molar-refractivity contribution >= 4 is 11.6 Å². The molecule has 1 aliphatic heterocycles. The van der Waals surface area contributed by atoms with E-state index >= 15 is 0 Å². The number of nitrogens with zero attached hydrogens (tertiary/aromatic N) is 3. The molecule has 29 heavy (non-hydrogen) atoms. The van der Waals surface area contributed by atoms with Gasteiger partial charge < -0.3 is 9.30 Å². The van der Waals surface area contributed by atoms with E-state index in [9.17, 15) is 4.79 Å². The predicted molar refractivity (Wildman–Crippen MR) is 118 cm³/mol. The van der Waals surface area contributed by atoms with E-state index in [0.29, 0.717) is 18.5 Å². The van der Waals surface area contributed by atoms with Crippen LogP contribution in [0.4, 0.5) is 0 Å². The number of piperidine rings is 1. The Morgan fingerprint density at radius 1 is 1.03 bits per heavy atom. The van der Waals surface area contributed by atoms with Gasteiger partial charge in [-0.3, -0.25) is 4.79 Å². The molecule has 0 saturated carbocycles. The summed E-state index contributed by atoms with van der Waals surface area (Å²) in [6.07, 6.45) is 5.79. The second-order valence-corrected chi connectivity index (χ2v) is 8.70. The standard InChI is InChI=1S/C25H31N3O/c1-16-11-12-21(14-18(16)3)24-22(27-13-7-8-17(2)25(27)26-24)15-23(29)28-19(4)9-6-10-20(28)5/h7-8,11-14,19-20H,6,9-10,15H2,1-5H3. The molecule has 4 rings (SSSR count). The number of likely N-dealkylation sites (tertiary alicyclic amines) is 1. The van der Waals surface area contributed by atoms with Crippen molar-refractivity contribution in [1.29, 1.82) is 0 Å². The number of benzene rings is 1. The second kappa shape index (κ2) is 7.66. The number of imidazole rings is 1. The van der Waals surface area contributed by atoms with Crippen LogP contribution in [-0.4, -0.2) is 32.3 Å². The molecule has 1 aliphatic rings. The first-order valence-electron chi connectivity index (χ1n) is 10.7. The van der Waals surface area contributed by atoms with Crippen molar-refractivity contribution in [1.82, 2.24) is 14.3 Å². The van der Waals surface area contributed by atoms with Crippen LogP contribution in [0.5, 0.6) is 0 Å². The molecule has 1 aromatic carbocycles. The van der Waals surface area contributed by atoms with Crippen LogP contribution in [0.1, 0.15) is 55.5 Å². The molecule has 1 amide bonds. The summed E-state index contributed by atoms with van der Waals surface area (Å²) in [7, 11) is 0. The van der Waals surface area contributed by atoms with Crippen LogP contribution >= 0.6 is 0 Å². The highest BCUT2D eigenvalue weighted by Crippen LogP contribution is 2.30. The van der Waals surface area contributed by atoms with Gasteiger partial charge in [-0.05, 0) is 82.7 Å². The lowest BCUT2D eigenvalue weighted by Gasteiger charge is -2.39. The topological polar surface area (TPSA) is 37.6 Å². The Labute approximate surface area is 173 Å². The summed E-state index contributed by atoms with van der Waals surface area (Å²) < 4.78 is 2.11. The van der Waals surface area contributed by atoms with Crippen molar-refractivity contribution in [3.63, 3.8) is 0 Å². The number of aryl methyl sites for hydroxylation is 3. The molecule has 152 valence electrons. The summed E-state index contributed by atoms with van der Waals surface area (Å²) in [6, 6.07) is 11.2. The van der Waals surface area contributed by atoms with Gasteiger partial charge in [-0.1, -0.05) is 18.2 Å². The van der Waals surface area contributed by atoms with Crippen molar-refractivity contribution in [2.75, 3.05) is 0 Å². The fourth-order valence-corrected chi connectivity index (χ4v) is 4.69. The maximum atomic E-state index is 13.4. The number of fused-ring (bicyclic) bond motifs is 1. The average molecular weight is 390 g/mol. The van der Waals surface area contributed by atoms with E-state index in [2.05, 4.69) is 68.2 Å². The van der Waals surface area contributed by atoms with Crippen molar-refractivity contribution in [3.05, 3.63) is 58.9 Å². The van der Waals surface area contributed by atoms with Crippen LogP contribution in [-0.2, 0) is 11.2 Å². The maximum absolute atomic E-state index is 13.4. The number of amides is 1. The number of pyridine rings is 1. The summed E-state index contributed by atoms with van der Waals surface area (Å²) in [5.41, 5.74) is 7.56. The Morgan fingerprint density at radius 3 is 2.45 bits per heavy atom. The Morgan fingerprint density at radius 2 is 1.76 bits per heavy atom. The molecule has 1 fully saturated rings. The number of hydrogen-bond donors (Lipinski definition) is 0. The van der Waals surface area contributed by atoms with Gasteiger partial charge in [0.25, 0.3) is 0 Å². The van der Waals surface area contributed by atoms with Crippen molar-refractivity contribution in [2.45, 2.75) is 72.4 Å². The number of aromatic nitrogens is 2. The van der Waals surface area contributed by atoms with Crippen LogP contribution in [0.15, 0.2) is 36.5 Å². The highest BCUT2D eigenvalue weighted by atomic mass is 16.2. The minimum atomic E-state index is 0.207. The molecule has 0 N–H and O–H groups in total.